The normalized spacial score (nSPS) is 24.3. The van der Waals surface area contributed by atoms with E-state index in [1.54, 1.807) is 0 Å². The van der Waals surface area contributed by atoms with Gasteiger partial charge in [-0.3, -0.25) is 4.79 Å². The maximum atomic E-state index is 12.3. The molecule has 0 saturated heterocycles. The van der Waals surface area contributed by atoms with Crippen molar-refractivity contribution in [1.29, 1.82) is 0 Å². The molecule has 1 saturated carbocycles. The second kappa shape index (κ2) is 7.74. The number of nitrogens with two attached hydrogens (primary N) is 1. The summed E-state index contributed by atoms with van der Waals surface area (Å²) in [4.78, 5) is 16.3. The lowest BCUT2D eigenvalue weighted by atomic mass is 9.79. The zero-order valence-electron chi connectivity index (χ0n) is 12.2. The van der Waals surface area contributed by atoms with Crippen molar-refractivity contribution in [2.75, 3.05) is 40.8 Å². The molecule has 1 fully saturated rings. The molecule has 0 aromatic rings. The van der Waals surface area contributed by atoms with E-state index in [2.05, 4.69) is 4.90 Å². The van der Waals surface area contributed by atoms with E-state index in [1.807, 2.05) is 26.0 Å². The first-order chi connectivity index (χ1) is 8.54. The van der Waals surface area contributed by atoms with Gasteiger partial charge in [-0.25, -0.2) is 0 Å². The third kappa shape index (κ3) is 4.94. The highest BCUT2D eigenvalue weighted by Crippen LogP contribution is 2.31. The lowest BCUT2D eigenvalue weighted by Gasteiger charge is -2.31. The summed E-state index contributed by atoms with van der Waals surface area (Å²) < 4.78 is 0. The Morgan fingerprint density at radius 3 is 2.56 bits per heavy atom. The van der Waals surface area contributed by atoms with Gasteiger partial charge in [-0.1, -0.05) is 12.8 Å². The Hall–Kier alpha value is -0.610. The molecular weight excluding hydrogens is 226 g/mol. The highest BCUT2D eigenvalue weighted by atomic mass is 16.2. The van der Waals surface area contributed by atoms with Crippen molar-refractivity contribution in [3.63, 3.8) is 0 Å². The molecule has 1 aliphatic rings. The van der Waals surface area contributed by atoms with Gasteiger partial charge >= 0.3 is 0 Å². The molecule has 106 valence electrons. The molecule has 1 amide bonds. The van der Waals surface area contributed by atoms with E-state index < -0.39 is 0 Å². The van der Waals surface area contributed by atoms with Crippen LogP contribution in [0.1, 0.15) is 32.1 Å². The standard InChI is InChI=1S/C14H29N3O/c1-16(2)9-10-17(3)14(18)13-6-4-5-12(11-13)7-8-15/h12-13H,4-11,15H2,1-3H3. The van der Waals surface area contributed by atoms with Gasteiger partial charge in [-0.15, -0.1) is 0 Å². The first-order valence-corrected chi connectivity index (χ1v) is 7.14. The van der Waals surface area contributed by atoms with Crippen LogP contribution in [0.25, 0.3) is 0 Å². The summed E-state index contributed by atoms with van der Waals surface area (Å²) in [7, 11) is 6.00. The first kappa shape index (κ1) is 15.4. The fourth-order valence-electron chi connectivity index (χ4n) is 2.79. The van der Waals surface area contributed by atoms with Crippen LogP contribution in [-0.4, -0.2) is 56.5 Å². The van der Waals surface area contributed by atoms with Crippen molar-refractivity contribution >= 4 is 5.91 Å². The predicted octanol–water partition coefficient (Wildman–Crippen LogP) is 1.16. The van der Waals surface area contributed by atoms with Crippen molar-refractivity contribution in [2.24, 2.45) is 17.6 Å². The Morgan fingerprint density at radius 1 is 1.22 bits per heavy atom. The van der Waals surface area contributed by atoms with Crippen LogP contribution in [0.15, 0.2) is 0 Å². The molecule has 2 unspecified atom stereocenters. The number of amides is 1. The quantitative estimate of drug-likeness (QED) is 0.775. The van der Waals surface area contributed by atoms with E-state index in [4.69, 9.17) is 5.73 Å². The molecule has 0 aromatic heterocycles. The second-order valence-corrected chi connectivity index (χ2v) is 5.87. The molecule has 2 N–H and O–H groups in total. The Bertz CT molecular complexity index is 253. The minimum atomic E-state index is 0.238. The lowest BCUT2D eigenvalue weighted by molar-refractivity contribution is -0.135. The maximum Gasteiger partial charge on any atom is 0.225 e. The summed E-state index contributed by atoms with van der Waals surface area (Å²) >= 11 is 0. The van der Waals surface area contributed by atoms with Crippen LogP contribution in [0.5, 0.6) is 0 Å². The maximum absolute atomic E-state index is 12.3. The van der Waals surface area contributed by atoms with Crippen LogP contribution in [0.4, 0.5) is 0 Å². The molecule has 0 aliphatic heterocycles. The molecule has 0 spiro atoms. The van der Waals surface area contributed by atoms with E-state index in [9.17, 15) is 4.79 Å². The molecule has 0 aromatic carbocycles. The number of carbonyl (C=O) groups excluding carboxylic acids is 1. The van der Waals surface area contributed by atoms with Gasteiger partial charge in [-0.2, -0.15) is 0 Å². The number of hydrogen-bond acceptors (Lipinski definition) is 3. The number of carbonyl (C=O) groups is 1. The van der Waals surface area contributed by atoms with Crippen LogP contribution in [0, 0.1) is 11.8 Å². The molecule has 0 radical (unpaired) electrons. The highest BCUT2D eigenvalue weighted by molar-refractivity contribution is 5.78. The number of nitrogens with zero attached hydrogens (tertiary/aromatic N) is 2. The van der Waals surface area contributed by atoms with Gasteiger partial charge in [0, 0.05) is 26.1 Å². The van der Waals surface area contributed by atoms with Gasteiger partial charge in [0.25, 0.3) is 0 Å². The largest absolute Gasteiger partial charge is 0.344 e. The number of likely N-dealkylation sites (N-methyl/N-ethyl adjacent to an activating group) is 2. The van der Waals surface area contributed by atoms with Gasteiger partial charge in [0.05, 0.1) is 0 Å². The molecule has 0 bridgehead atoms. The third-order valence-electron chi connectivity index (χ3n) is 3.97. The fourth-order valence-corrected chi connectivity index (χ4v) is 2.79. The lowest BCUT2D eigenvalue weighted by Crippen LogP contribution is -2.39. The average molecular weight is 255 g/mol. The van der Waals surface area contributed by atoms with E-state index >= 15 is 0 Å². The molecule has 4 nitrogen and oxygen atoms in total. The molecule has 4 heteroatoms. The van der Waals surface area contributed by atoms with Gasteiger partial charge in [0.2, 0.25) is 5.91 Å². The summed E-state index contributed by atoms with van der Waals surface area (Å²) in [5.41, 5.74) is 5.62. The zero-order chi connectivity index (χ0) is 13.5. The van der Waals surface area contributed by atoms with Gasteiger partial charge in [0.15, 0.2) is 0 Å². The molecule has 0 heterocycles. The summed E-state index contributed by atoms with van der Waals surface area (Å²) in [5, 5.41) is 0. The van der Waals surface area contributed by atoms with Gasteiger partial charge < -0.3 is 15.5 Å². The molecule has 2 atom stereocenters. The Kier molecular flexibility index (Phi) is 6.65. The zero-order valence-corrected chi connectivity index (χ0v) is 12.2. The van der Waals surface area contributed by atoms with Gasteiger partial charge in [-0.05, 0) is 45.8 Å². The summed E-state index contributed by atoms with van der Waals surface area (Å²) in [6.07, 6.45) is 5.62. The van der Waals surface area contributed by atoms with Crippen molar-refractivity contribution in [1.82, 2.24) is 9.80 Å². The molecule has 1 rings (SSSR count). The fraction of sp³-hybridized carbons (Fsp3) is 0.929. The average Bonchev–Trinajstić information content (AvgIpc) is 2.35. The van der Waals surface area contributed by atoms with Gasteiger partial charge in [0.1, 0.15) is 0 Å². The molecule has 1 aliphatic carbocycles. The smallest absolute Gasteiger partial charge is 0.225 e. The Balaban J connectivity index is 2.39. The summed E-state index contributed by atoms with van der Waals surface area (Å²) in [6, 6.07) is 0. The topological polar surface area (TPSA) is 49.6 Å². The second-order valence-electron chi connectivity index (χ2n) is 5.87. The number of rotatable bonds is 6. The minimum absolute atomic E-state index is 0.238. The monoisotopic (exact) mass is 255 g/mol. The predicted molar refractivity (Wildman–Crippen MR) is 75.3 cm³/mol. The summed E-state index contributed by atoms with van der Waals surface area (Å²) in [5.74, 6) is 1.24. The SMILES string of the molecule is CN(C)CCN(C)C(=O)C1CCCC(CCN)C1. The Morgan fingerprint density at radius 2 is 1.94 bits per heavy atom. The van der Waals surface area contributed by atoms with Crippen molar-refractivity contribution in [3.05, 3.63) is 0 Å². The first-order valence-electron chi connectivity index (χ1n) is 7.14. The highest BCUT2D eigenvalue weighted by Gasteiger charge is 2.28. The minimum Gasteiger partial charge on any atom is -0.344 e. The Labute approximate surface area is 111 Å². The molecule has 18 heavy (non-hydrogen) atoms. The third-order valence-corrected chi connectivity index (χ3v) is 3.97. The van der Waals surface area contributed by atoms with E-state index in [1.165, 1.54) is 12.8 Å². The van der Waals surface area contributed by atoms with Crippen molar-refractivity contribution < 1.29 is 4.79 Å². The van der Waals surface area contributed by atoms with Crippen LogP contribution in [0.2, 0.25) is 0 Å². The van der Waals surface area contributed by atoms with E-state index in [0.29, 0.717) is 11.8 Å². The van der Waals surface area contributed by atoms with E-state index in [0.717, 1.165) is 38.9 Å². The number of hydrogen-bond donors (Lipinski definition) is 1. The van der Waals surface area contributed by atoms with Crippen molar-refractivity contribution in [3.8, 4) is 0 Å². The summed E-state index contributed by atoms with van der Waals surface area (Å²) in [6.45, 7) is 2.51. The molecular formula is C14H29N3O. The van der Waals surface area contributed by atoms with Crippen LogP contribution >= 0.6 is 0 Å². The van der Waals surface area contributed by atoms with E-state index in [-0.39, 0.29) is 5.92 Å². The van der Waals surface area contributed by atoms with Crippen LogP contribution in [-0.2, 0) is 4.79 Å². The van der Waals surface area contributed by atoms with Crippen LogP contribution in [0.3, 0.4) is 0 Å². The van der Waals surface area contributed by atoms with Crippen LogP contribution < -0.4 is 5.73 Å². The van der Waals surface area contributed by atoms with Crippen molar-refractivity contribution in [2.45, 2.75) is 32.1 Å².